The summed E-state index contributed by atoms with van der Waals surface area (Å²) in [6.07, 6.45) is 0. The van der Waals surface area contributed by atoms with Crippen molar-refractivity contribution in [3.63, 3.8) is 0 Å². The number of nitrogens with one attached hydrogen (secondary N) is 3. The number of rotatable bonds is 7. The number of nitrogens with zero attached hydrogens (tertiary/aromatic N) is 1. The van der Waals surface area contributed by atoms with E-state index in [0.29, 0.717) is 30.6 Å². The maximum Gasteiger partial charge on any atom is 0.257 e. The number of aliphatic imine (C=N–C) groups is 1. The third-order valence-electron chi connectivity index (χ3n) is 3.33. The Morgan fingerprint density at radius 1 is 1.42 bits per heavy atom. The second-order valence-electron chi connectivity index (χ2n) is 5.32. The van der Waals surface area contributed by atoms with E-state index in [9.17, 15) is 4.79 Å². The van der Waals surface area contributed by atoms with Gasteiger partial charge in [-0.25, -0.2) is 0 Å². The smallest absolute Gasteiger partial charge is 0.257 e. The van der Waals surface area contributed by atoms with Crippen LogP contribution in [0, 0.1) is 0 Å². The van der Waals surface area contributed by atoms with Gasteiger partial charge in [0.2, 0.25) is 0 Å². The first-order chi connectivity index (χ1) is 11.1. The average molecular weight is 448 g/mol. The summed E-state index contributed by atoms with van der Waals surface area (Å²) in [4.78, 5) is 15.8. The molecule has 0 radical (unpaired) electrons. The molecule has 134 valence electrons. The molecular formula is C16H25IN4O3. The quantitative estimate of drug-likeness (QED) is 0.548. The number of carbonyl (C=O) groups is 1. The standard InChI is InChI=1S/C16H24N4O3.HI/c1-4-17-15(21)10-23-13-6-5-12(7-14(13)22-3)9-19-16-18-8-11(2)20-16;/h5-7,11H,4,8-10H2,1-3H3,(H,17,21)(H2,18,19,20);1H. The fraction of sp³-hybridized carbons (Fsp3) is 0.500. The molecule has 0 bridgehead atoms. The van der Waals surface area contributed by atoms with E-state index in [0.717, 1.165) is 18.1 Å². The van der Waals surface area contributed by atoms with Gasteiger partial charge in [-0.3, -0.25) is 9.79 Å². The molecule has 24 heavy (non-hydrogen) atoms. The van der Waals surface area contributed by atoms with Gasteiger partial charge >= 0.3 is 0 Å². The van der Waals surface area contributed by atoms with Gasteiger partial charge in [-0.2, -0.15) is 0 Å². The Kier molecular flexibility index (Phi) is 8.66. The second kappa shape index (κ2) is 10.2. The van der Waals surface area contributed by atoms with Crippen LogP contribution in [-0.4, -0.2) is 44.7 Å². The van der Waals surface area contributed by atoms with Crippen LogP contribution in [0.25, 0.3) is 0 Å². The van der Waals surface area contributed by atoms with Crippen LogP contribution in [0.5, 0.6) is 11.5 Å². The normalized spacial score (nSPS) is 15.6. The van der Waals surface area contributed by atoms with E-state index in [2.05, 4.69) is 27.9 Å². The van der Waals surface area contributed by atoms with Gasteiger partial charge in [0.15, 0.2) is 24.1 Å². The monoisotopic (exact) mass is 448 g/mol. The fourth-order valence-electron chi connectivity index (χ4n) is 2.18. The van der Waals surface area contributed by atoms with Crippen molar-refractivity contribution in [2.45, 2.75) is 26.4 Å². The lowest BCUT2D eigenvalue weighted by molar-refractivity contribution is -0.123. The van der Waals surface area contributed by atoms with Crippen molar-refractivity contribution in [2.24, 2.45) is 4.99 Å². The minimum atomic E-state index is -0.153. The molecule has 0 saturated heterocycles. The number of carbonyl (C=O) groups excluding carboxylic acids is 1. The highest BCUT2D eigenvalue weighted by Crippen LogP contribution is 2.28. The minimum absolute atomic E-state index is 0. The van der Waals surface area contributed by atoms with E-state index in [1.54, 1.807) is 7.11 Å². The second-order valence-corrected chi connectivity index (χ2v) is 5.32. The highest BCUT2D eigenvalue weighted by Gasteiger charge is 2.12. The molecule has 3 N–H and O–H groups in total. The lowest BCUT2D eigenvalue weighted by Crippen LogP contribution is -2.37. The van der Waals surface area contributed by atoms with Crippen LogP contribution in [0.4, 0.5) is 0 Å². The summed E-state index contributed by atoms with van der Waals surface area (Å²) in [5, 5.41) is 9.18. The molecule has 1 unspecified atom stereocenters. The zero-order valence-corrected chi connectivity index (χ0v) is 16.5. The molecule has 0 saturated carbocycles. The molecule has 1 heterocycles. The van der Waals surface area contributed by atoms with E-state index >= 15 is 0 Å². The van der Waals surface area contributed by atoms with Gasteiger partial charge in [0.05, 0.1) is 13.7 Å². The third kappa shape index (κ3) is 6.06. The highest BCUT2D eigenvalue weighted by molar-refractivity contribution is 14.0. The minimum Gasteiger partial charge on any atom is -0.493 e. The number of amides is 1. The van der Waals surface area contributed by atoms with E-state index < -0.39 is 0 Å². The summed E-state index contributed by atoms with van der Waals surface area (Å²) in [6, 6.07) is 6.00. The first-order valence-corrected chi connectivity index (χ1v) is 7.73. The van der Waals surface area contributed by atoms with Crippen LogP contribution < -0.4 is 25.4 Å². The van der Waals surface area contributed by atoms with Gasteiger partial charge in [0.1, 0.15) is 0 Å². The predicted octanol–water partition coefficient (Wildman–Crippen LogP) is 1.27. The third-order valence-corrected chi connectivity index (χ3v) is 3.33. The Hall–Kier alpha value is -1.71. The molecule has 1 amide bonds. The number of benzene rings is 1. The molecular weight excluding hydrogens is 423 g/mol. The highest BCUT2D eigenvalue weighted by atomic mass is 127. The van der Waals surface area contributed by atoms with Crippen molar-refractivity contribution in [3.8, 4) is 11.5 Å². The van der Waals surface area contributed by atoms with Crippen LogP contribution >= 0.6 is 24.0 Å². The van der Waals surface area contributed by atoms with Crippen LogP contribution in [0.3, 0.4) is 0 Å². The van der Waals surface area contributed by atoms with Crippen LogP contribution in [0.2, 0.25) is 0 Å². The number of hydrogen-bond acceptors (Lipinski definition) is 6. The summed E-state index contributed by atoms with van der Waals surface area (Å²) in [5.41, 5.74) is 1.04. The Balaban J connectivity index is 0.00000288. The maximum atomic E-state index is 11.5. The lowest BCUT2D eigenvalue weighted by atomic mass is 10.2. The van der Waals surface area contributed by atoms with E-state index in [1.165, 1.54) is 0 Å². The van der Waals surface area contributed by atoms with Gasteiger partial charge < -0.3 is 25.4 Å². The van der Waals surface area contributed by atoms with Crippen LogP contribution in [0.1, 0.15) is 19.4 Å². The van der Waals surface area contributed by atoms with Crippen molar-refractivity contribution in [2.75, 3.05) is 26.8 Å². The molecule has 8 heteroatoms. The number of ether oxygens (including phenoxy) is 2. The Labute approximate surface area is 159 Å². The van der Waals surface area contributed by atoms with E-state index in [-0.39, 0.29) is 36.5 Å². The number of methoxy groups -OCH3 is 1. The average Bonchev–Trinajstić information content (AvgIpc) is 2.97. The van der Waals surface area contributed by atoms with Crippen molar-refractivity contribution >= 4 is 35.8 Å². The SMILES string of the molecule is CCNC(=O)COc1ccc(CNC2=NCC(C)N2)cc1OC.I. The Morgan fingerprint density at radius 2 is 2.21 bits per heavy atom. The first-order valence-electron chi connectivity index (χ1n) is 7.73. The van der Waals surface area contributed by atoms with Crippen LogP contribution in [0.15, 0.2) is 23.2 Å². The number of halogens is 1. The summed E-state index contributed by atoms with van der Waals surface area (Å²) >= 11 is 0. The van der Waals surface area contributed by atoms with Gasteiger partial charge in [0, 0.05) is 19.1 Å². The Bertz CT molecular complexity index is 580. The first kappa shape index (κ1) is 20.3. The van der Waals surface area contributed by atoms with Gasteiger partial charge in [0.25, 0.3) is 5.91 Å². The summed E-state index contributed by atoms with van der Waals surface area (Å²) in [6.45, 7) is 5.93. The number of guanidine groups is 1. The lowest BCUT2D eigenvalue weighted by Gasteiger charge is -2.13. The van der Waals surface area contributed by atoms with Gasteiger partial charge in [-0.15, -0.1) is 24.0 Å². The Morgan fingerprint density at radius 3 is 2.83 bits per heavy atom. The zero-order valence-electron chi connectivity index (χ0n) is 14.2. The molecule has 2 rings (SSSR count). The molecule has 0 aliphatic carbocycles. The predicted molar refractivity (Wildman–Crippen MR) is 104 cm³/mol. The van der Waals surface area contributed by atoms with E-state index in [1.807, 2.05) is 25.1 Å². The van der Waals surface area contributed by atoms with E-state index in [4.69, 9.17) is 9.47 Å². The maximum absolute atomic E-state index is 11.5. The molecule has 1 aliphatic rings. The largest absolute Gasteiger partial charge is 0.493 e. The fourth-order valence-corrected chi connectivity index (χ4v) is 2.18. The van der Waals surface area contributed by atoms with Crippen molar-refractivity contribution in [3.05, 3.63) is 23.8 Å². The molecule has 1 atom stereocenters. The molecule has 0 fully saturated rings. The molecule has 1 aliphatic heterocycles. The molecule has 1 aromatic rings. The molecule has 0 spiro atoms. The number of hydrogen-bond donors (Lipinski definition) is 3. The topological polar surface area (TPSA) is 84.0 Å². The summed E-state index contributed by atoms with van der Waals surface area (Å²) in [5.74, 6) is 1.81. The van der Waals surface area contributed by atoms with Crippen molar-refractivity contribution < 1.29 is 14.3 Å². The summed E-state index contributed by atoms with van der Waals surface area (Å²) < 4.78 is 10.8. The molecule has 7 nitrogen and oxygen atoms in total. The number of likely N-dealkylation sites (N-methyl/N-ethyl adjacent to an activating group) is 1. The molecule has 1 aromatic carbocycles. The van der Waals surface area contributed by atoms with Crippen molar-refractivity contribution in [1.29, 1.82) is 0 Å². The zero-order chi connectivity index (χ0) is 16.7. The van der Waals surface area contributed by atoms with Crippen molar-refractivity contribution in [1.82, 2.24) is 16.0 Å². The van der Waals surface area contributed by atoms with Gasteiger partial charge in [-0.1, -0.05) is 6.07 Å². The molecule has 0 aromatic heterocycles. The van der Waals surface area contributed by atoms with Crippen LogP contribution in [-0.2, 0) is 11.3 Å². The summed E-state index contributed by atoms with van der Waals surface area (Å²) in [7, 11) is 1.58. The van der Waals surface area contributed by atoms with Gasteiger partial charge in [-0.05, 0) is 31.5 Å².